The third-order valence-electron chi connectivity index (χ3n) is 3.09. The molecule has 0 aliphatic rings. The van der Waals surface area contributed by atoms with Gasteiger partial charge in [-0.3, -0.25) is 0 Å². The molecule has 0 N–H and O–H groups in total. The largest absolute Gasteiger partial charge is 0.364 e. The van der Waals surface area contributed by atoms with Crippen LogP contribution in [0.25, 0.3) is 22.2 Å². The lowest BCUT2D eigenvalue weighted by atomic mass is 10.1. The van der Waals surface area contributed by atoms with Crippen LogP contribution in [-0.4, -0.2) is 9.72 Å². The van der Waals surface area contributed by atoms with Crippen molar-refractivity contribution in [1.82, 2.24) is 9.72 Å². The Bertz CT molecular complexity index is 650. The average molecular weight is 226 g/mol. The molecule has 0 unspecified atom stereocenters. The maximum atomic E-state index is 4.93. The fourth-order valence-corrected chi connectivity index (χ4v) is 2.22. The van der Waals surface area contributed by atoms with Gasteiger partial charge in [-0.15, -0.1) is 0 Å². The van der Waals surface area contributed by atoms with E-state index in [1.165, 1.54) is 16.5 Å². The molecule has 0 fully saturated rings. The van der Waals surface area contributed by atoms with Gasteiger partial charge < -0.3 is 9.09 Å². The Labute approximate surface area is 99.6 Å². The number of hydrogen-bond donors (Lipinski definition) is 0. The number of aromatic nitrogens is 2. The Morgan fingerprint density at radius 1 is 1.29 bits per heavy atom. The number of nitrogens with zero attached hydrogens (tertiary/aromatic N) is 2. The van der Waals surface area contributed by atoms with Gasteiger partial charge in [0.25, 0.3) is 0 Å². The van der Waals surface area contributed by atoms with E-state index in [0.29, 0.717) is 0 Å². The highest BCUT2D eigenvalue weighted by Crippen LogP contribution is 2.30. The summed E-state index contributed by atoms with van der Waals surface area (Å²) in [7, 11) is 0. The molecule has 0 atom stereocenters. The van der Waals surface area contributed by atoms with Crippen LogP contribution in [0, 0.1) is 6.92 Å². The average Bonchev–Trinajstić information content (AvgIpc) is 2.94. The molecule has 3 aromatic rings. The van der Waals surface area contributed by atoms with Gasteiger partial charge in [0.1, 0.15) is 12.0 Å². The highest BCUT2D eigenvalue weighted by molar-refractivity contribution is 5.95. The molecule has 0 radical (unpaired) electrons. The number of aryl methyl sites for hydroxylation is 2. The van der Waals surface area contributed by atoms with Crippen LogP contribution in [0.15, 0.2) is 41.2 Å². The molecule has 2 aromatic heterocycles. The highest BCUT2D eigenvalue weighted by atomic mass is 16.5. The molecule has 1 aromatic carbocycles. The van der Waals surface area contributed by atoms with Crippen LogP contribution in [0.3, 0.4) is 0 Å². The van der Waals surface area contributed by atoms with Gasteiger partial charge in [-0.2, -0.15) is 0 Å². The van der Waals surface area contributed by atoms with Crippen LogP contribution in [0.1, 0.15) is 12.5 Å². The Balaban J connectivity index is 2.33. The summed E-state index contributed by atoms with van der Waals surface area (Å²) < 4.78 is 7.17. The van der Waals surface area contributed by atoms with Crippen molar-refractivity contribution in [3.63, 3.8) is 0 Å². The van der Waals surface area contributed by atoms with Gasteiger partial charge in [-0.1, -0.05) is 17.3 Å². The topological polar surface area (TPSA) is 31.0 Å². The van der Waals surface area contributed by atoms with Crippen LogP contribution in [0.4, 0.5) is 0 Å². The lowest BCUT2D eigenvalue weighted by Gasteiger charge is -2.00. The predicted octanol–water partition coefficient (Wildman–Crippen LogP) is 3.62. The van der Waals surface area contributed by atoms with Crippen molar-refractivity contribution in [2.75, 3.05) is 0 Å². The Kier molecular flexibility index (Phi) is 2.25. The van der Waals surface area contributed by atoms with Crippen LogP contribution in [0.2, 0.25) is 0 Å². The summed E-state index contributed by atoms with van der Waals surface area (Å²) in [5.74, 6) is 0. The van der Waals surface area contributed by atoms with Gasteiger partial charge in [0.2, 0.25) is 0 Å². The SMILES string of the molecule is CCn1cc(-c2ccon2)c2ccc(C)cc21. The molecular weight excluding hydrogens is 212 g/mol. The summed E-state index contributed by atoms with van der Waals surface area (Å²) in [5.41, 5.74) is 4.56. The van der Waals surface area contributed by atoms with Crippen molar-refractivity contribution < 1.29 is 4.52 Å². The number of rotatable bonds is 2. The zero-order valence-corrected chi connectivity index (χ0v) is 9.97. The number of hydrogen-bond acceptors (Lipinski definition) is 2. The third-order valence-corrected chi connectivity index (χ3v) is 3.09. The lowest BCUT2D eigenvalue weighted by Crippen LogP contribution is -1.90. The molecule has 0 amide bonds. The van der Waals surface area contributed by atoms with E-state index >= 15 is 0 Å². The van der Waals surface area contributed by atoms with Crippen molar-refractivity contribution in [2.45, 2.75) is 20.4 Å². The first-order valence-corrected chi connectivity index (χ1v) is 5.80. The maximum Gasteiger partial charge on any atom is 0.124 e. The summed E-state index contributed by atoms with van der Waals surface area (Å²) in [6.45, 7) is 5.22. The number of benzene rings is 1. The first-order chi connectivity index (χ1) is 8.29. The zero-order chi connectivity index (χ0) is 11.8. The van der Waals surface area contributed by atoms with E-state index in [4.69, 9.17) is 4.52 Å². The van der Waals surface area contributed by atoms with E-state index in [-0.39, 0.29) is 0 Å². The van der Waals surface area contributed by atoms with Crippen LogP contribution >= 0.6 is 0 Å². The van der Waals surface area contributed by atoms with Crippen LogP contribution < -0.4 is 0 Å². The van der Waals surface area contributed by atoms with Gasteiger partial charge in [0.05, 0.1) is 0 Å². The second kappa shape index (κ2) is 3.77. The molecule has 86 valence electrons. The normalized spacial score (nSPS) is 11.2. The molecule has 17 heavy (non-hydrogen) atoms. The van der Waals surface area contributed by atoms with E-state index in [0.717, 1.165) is 17.8 Å². The summed E-state index contributed by atoms with van der Waals surface area (Å²) in [4.78, 5) is 0. The second-order valence-electron chi connectivity index (χ2n) is 4.23. The van der Waals surface area contributed by atoms with Crippen molar-refractivity contribution in [3.05, 3.63) is 42.3 Å². The predicted molar refractivity (Wildman–Crippen MR) is 67.8 cm³/mol. The van der Waals surface area contributed by atoms with E-state index in [2.05, 4.69) is 48.0 Å². The third kappa shape index (κ3) is 1.55. The van der Waals surface area contributed by atoms with Crippen molar-refractivity contribution >= 4 is 10.9 Å². The zero-order valence-electron chi connectivity index (χ0n) is 9.97. The Hall–Kier alpha value is -2.03. The molecule has 2 heterocycles. The number of fused-ring (bicyclic) bond motifs is 1. The van der Waals surface area contributed by atoms with E-state index in [1.807, 2.05) is 6.07 Å². The Morgan fingerprint density at radius 3 is 2.88 bits per heavy atom. The highest BCUT2D eigenvalue weighted by Gasteiger charge is 2.11. The summed E-state index contributed by atoms with van der Waals surface area (Å²) in [6.07, 6.45) is 3.75. The molecule has 3 heteroatoms. The van der Waals surface area contributed by atoms with Crippen molar-refractivity contribution in [2.24, 2.45) is 0 Å². The molecule has 0 saturated carbocycles. The minimum Gasteiger partial charge on any atom is -0.364 e. The molecule has 0 aliphatic carbocycles. The quantitative estimate of drug-likeness (QED) is 0.668. The van der Waals surface area contributed by atoms with Crippen molar-refractivity contribution in [1.29, 1.82) is 0 Å². The van der Waals surface area contributed by atoms with Gasteiger partial charge in [0, 0.05) is 35.3 Å². The van der Waals surface area contributed by atoms with Gasteiger partial charge in [-0.25, -0.2) is 0 Å². The molecular formula is C14H14N2O. The minimum absolute atomic E-state index is 0.894. The molecule has 0 spiro atoms. The van der Waals surface area contributed by atoms with Crippen LogP contribution in [0.5, 0.6) is 0 Å². The summed E-state index contributed by atoms with van der Waals surface area (Å²) >= 11 is 0. The second-order valence-corrected chi connectivity index (χ2v) is 4.23. The summed E-state index contributed by atoms with van der Waals surface area (Å²) in [6, 6.07) is 8.39. The summed E-state index contributed by atoms with van der Waals surface area (Å²) in [5, 5.41) is 5.25. The molecule has 3 nitrogen and oxygen atoms in total. The van der Waals surface area contributed by atoms with Gasteiger partial charge in [0.15, 0.2) is 0 Å². The van der Waals surface area contributed by atoms with E-state index in [9.17, 15) is 0 Å². The van der Waals surface area contributed by atoms with Gasteiger partial charge in [-0.05, 0) is 25.5 Å². The standard InChI is InChI=1S/C14H14N2O/c1-3-16-9-12(13-6-7-17-15-13)11-5-4-10(2)8-14(11)16/h4-9H,3H2,1-2H3. The fourth-order valence-electron chi connectivity index (χ4n) is 2.22. The van der Waals surface area contributed by atoms with Crippen molar-refractivity contribution in [3.8, 4) is 11.3 Å². The molecule has 0 bridgehead atoms. The van der Waals surface area contributed by atoms with E-state index in [1.54, 1.807) is 6.26 Å². The first kappa shape index (κ1) is 10.1. The minimum atomic E-state index is 0.894. The first-order valence-electron chi connectivity index (χ1n) is 5.80. The van der Waals surface area contributed by atoms with Gasteiger partial charge >= 0.3 is 0 Å². The smallest absolute Gasteiger partial charge is 0.124 e. The lowest BCUT2D eigenvalue weighted by molar-refractivity contribution is 0.422. The molecule has 3 rings (SSSR count). The Morgan fingerprint density at radius 2 is 2.18 bits per heavy atom. The fraction of sp³-hybridized carbons (Fsp3) is 0.214. The molecule has 0 saturated heterocycles. The monoisotopic (exact) mass is 226 g/mol. The van der Waals surface area contributed by atoms with E-state index < -0.39 is 0 Å². The van der Waals surface area contributed by atoms with Crippen LogP contribution in [-0.2, 0) is 6.54 Å². The molecule has 0 aliphatic heterocycles. The maximum absolute atomic E-state index is 4.93.